The maximum Gasteiger partial charge on any atom is 0.269 e. The highest BCUT2D eigenvalue weighted by Gasteiger charge is 2.29. The third kappa shape index (κ3) is 4.55. The van der Waals surface area contributed by atoms with E-state index in [-0.39, 0.29) is 23.3 Å². The van der Waals surface area contributed by atoms with Gasteiger partial charge < -0.3 is 9.88 Å². The number of hydrogen-bond acceptors (Lipinski definition) is 7. The molecule has 2 N–H and O–H groups in total. The van der Waals surface area contributed by atoms with Crippen LogP contribution in [0.3, 0.4) is 0 Å². The van der Waals surface area contributed by atoms with Crippen molar-refractivity contribution in [2.24, 2.45) is 5.92 Å². The van der Waals surface area contributed by atoms with Crippen LogP contribution in [-0.2, 0) is 21.2 Å². The first-order valence-corrected chi connectivity index (χ1v) is 14.2. The van der Waals surface area contributed by atoms with Crippen LogP contribution in [0.15, 0.2) is 66.0 Å². The van der Waals surface area contributed by atoms with Crippen LogP contribution in [0.5, 0.6) is 0 Å². The van der Waals surface area contributed by atoms with Crippen molar-refractivity contribution in [1.29, 1.82) is 5.26 Å². The Bertz CT molecular complexity index is 1790. The number of anilines is 1. The van der Waals surface area contributed by atoms with Crippen molar-refractivity contribution < 1.29 is 13.2 Å². The SMILES string of the molecule is N#CCC1CCC(n2c(CC(=O)Nc3ccn[nH]3)nc3cnc4c(ccn4S(=O)(=O)c4ccccc4)c32)CC1. The molecule has 4 heterocycles. The summed E-state index contributed by atoms with van der Waals surface area (Å²) in [6.07, 6.45) is 8.67. The van der Waals surface area contributed by atoms with Crippen LogP contribution in [0.4, 0.5) is 5.82 Å². The quantitative estimate of drug-likeness (QED) is 0.313. The normalized spacial score (nSPS) is 17.8. The monoisotopic (exact) mass is 542 g/mol. The topological polar surface area (TPSA) is 151 Å². The van der Waals surface area contributed by atoms with Crippen LogP contribution in [0.2, 0.25) is 0 Å². The number of amides is 1. The molecule has 1 fully saturated rings. The minimum absolute atomic E-state index is 0.0241. The van der Waals surface area contributed by atoms with Crippen molar-refractivity contribution in [3.63, 3.8) is 0 Å². The van der Waals surface area contributed by atoms with Crippen molar-refractivity contribution in [1.82, 2.24) is 28.7 Å². The second-order valence-electron chi connectivity index (χ2n) is 9.79. The summed E-state index contributed by atoms with van der Waals surface area (Å²) >= 11 is 0. The Morgan fingerprint density at radius 3 is 2.64 bits per heavy atom. The van der Waals surface area contributed by atoms with E-state index in [2.05, 4.69) is 31.1 Å². The predicted molar refractivity (Wildman–Crippen MR) is 144 cm³/mol. The van der Waals surface area contributed by atoms with Gasteiger partial charge in [-0.1, -0.05) is 18.2 Å². The van der Waals surface area contributed by atoms with Gasteiger partial charge in [0.15, 0.2) is 5.65 Å². The lowest BCUT2D eigenvalue weighted by Gasteiger charge is -2.30. The van der Waals surface area contributed by atoms with Crippen molar-refractivity contribution in [3.8, 4) is 6.07 Å². The maximum absolute atomic E-state index is 13.4. The van der Waals surface area contributed by atoms with Crippen molar-refractivity contribution in [2.75, 3.05) is 5.32 Å². The van der Waals surface area contributed by atoms with Gasteiger partial charge in [-0.05, 0) is 49.8 Å². The molecule has 0 saturated heterocycles. The molecule has 11 nitrogen and oxygen atoms in total. The average Bonchev–Trinajstić information content (AvgIpc) is 3.68. The van der Waals surface area contributed by atoms with Crippen molar-refractivity contribution in [2.45, 2.75) is 49.5 Å². The Labute approximate surface area is 224 Å². The fourth-order valence-corrected chi connectivity index (χ4v) is 6.84. The molecule has 4 aromatic heterocycles. The zero-order valence-electron chi connectivity index (χ0n) is 21.0. The molecule has 0 aliphatic heterocycles. The van der Waals surface area contributed by atoms with Gasteiger partial charge in [-0.15, -0.1) is 0 Å². The second-order valence-corrected chi connectivity index (χ2v) is 11.6. The molecule has 0 atom stereocenters. The molecule has 1 amide bonds. The molecule has 198 valence electrons. The molecule has 1 aliphatic carbocycles. The number of fused-ring (bicyclic) bond motifs is 3. The van der Waals surface area contributed by atoms with Crippen LogP contribution < -0.4 is 5.32 Å². The molecule has 0 unspecified atom stereocenters. The maximum atomic E-state index is 13.4. The molecule has 12 heteroatoms. The molecular weight excluding hydrogens is 516 g/mol. The van der Waals surface area contributed by atoms with Gasteiger partial charge in [0.25, 0.3) is 10.0 Å². The summed E-state index contributed by atoms with van der Waals surface area (Å²) in [5.41, 5.74) is 1.66. The first kappa shape index (κ1) is 24.8. The largest absolute Gasteiger partial charge is 0.324 e. The second kappa shape index (κ2) is 9.99. The average molecular weight is 543 g/mol. The van der Waals surface area contributed by atoms with Crippen molar-refractivity contribution in [3.05, 3.63) is 66.9 Å². The standard InChI is InChI=1S/C27H26N8O3S/c28-13-10-18-6-8-19(9-7-18)35-24(16-25(36)32-23-11-14-30-33-23)31-22-17-29-27-21(26(22)35)12-15-34(27)39(37,38)20-4-2-1-3-5-20/h1-5,11-12,14-15,17-19H,6-10,16H2,(H2,30,32,33,36). The highest BCUT2D eigenvalue weighted by molar-refractivity contribution is 7.90. The molecule has 0 radical (unpaired) electrons. The van der Waals surface area contributed by atoms with Gasteiger partial charge in [0, 0.05) is 30.1 Å². The molecule has 5 aromatic rings. The summed E-state index contributed by atoms with van der Waals surface area (Å²) in [6, 6.07) is 14.0. The number of nitrogens with zero attached hydrogens (tertiary/aromatic N) is 6. The van der Waals surface area contributed by atoms with Gasteiger partial charge in [-0.3, -0.25) is 9.89 Å². The van der Waals surface area contributed by atoms with Crippen LogP contribution in [0.1, 0.15) is 44.0 Å². The molecule has 6 rings (SSSR count). The number of nitriles is 1. The Morgan fingerprint density at radius 2 is 1.92 bits per heavy atom. The van der Waals surface area contributed by atoms with E-state index >= 15 is 0 Å². The fraction of sp³-hybridized carbons (Fsp3) is 0.296. The highest BCUT2D eigenvalue weighted by Crippen LogP contribution is 2.38. The van der Waals surface area contributed by atoms with Crippen LogP contribution in [-0.4, -0.2) is 43.0 Å². The number of nitrogens with one attached hydrogen (secondary N) is 2. The number of pyridine rings is 1. The minimum Gasteiger partial charge on any atom is -0.324 e. The zero-order valence-corrected chi connectivity index (χ0v) is 21.8. The van der Waals surface area contributed by atoms with Gasteiger partial charge in [0.05, 0.1) is 35.3 Å². The van der Waals surface area contributed by atoms with Crippen LogP contribution in [0.25, 0.3) is 22.1 Å². The van der Waals surface area contributed by atoms with E-state index < -0.39 is 10.0 Å². The molecular formula is C27H26N8O3S. The third-order valence-electron chi connectivity index (χ3n) is 7.36. The number of aromatic amines is 1. The molecule has 0 spiro atoms. The van der Waals surface area contributed by atoms with E-state index in [0.29, 0.717) is 40.5 Å². The van der Waals surface area contributed by atoms with E-state index in [9.17, 15) is 13.2 Å². The van der Waals surface area contributed by atoms with Gasteiger partial charge >= 0.3 is 0 Å². The van der Waals surface area contributed by atoms with Crippen molar-refractivity contribution >= 4 is 43.8 Å². The van der Waals surface area contributed by atoms with Crippen LogP contribution >= 0.6 is 0 Å². The van der Waals surface area contributed by atoms with Gasteiger partial charge in [0.1, 0.15) is 17.2 Å². The summed E-state index contributed by atoms with van der Waals surface area (Å²) in [5.74, 6) is 1.18. The first-order chi connectivity index (χ1) is 19.0. The molecule has 0 bridgehead atoms. The summed E-state index contributed by atoms with van der Waals surface area (Å²) in [7, 11) is -3.86. The van der Waals surface area contributed by atoms with Gasteiger partial charge in [0.2, 0.25) is 5.91 Å². The zero-order chi connectivity index (χ0) is 27.0. The lowest BCUT2D eigenvalue weighted by Crippen LogP contribution is -2.23. The third-order valence-corrected chi connectivity index (χ3v) is 9.04. The molecule has 1 aliphatic rings. The Kier molecular flexibility index (Phi) is 6.36. The molecule has 39 heavy (non-hydrogen) atoms. The Morgan fingerprint density at radius 1 is 1.13 bits per heavy atom. The highest BCUT2D eigenvalue weighted by atomic mass is 32.2. The number of hydrogen-bond donors (Lipinski definition) is 2. The lowest BCUT2D eigenvalue weighted by atomic mass is 9.84. The number of aromatic nitrogens is 6. The molecule has 1 aromatic carbocycles. The van der Waals surface area contributed by atoms with E-state index in [0.717, 1.165) is 31.2 Å². The van der Waals surface area contributed by atoms with E-state index in [1.165, 1.54) is 10.2 Å². The van der Waals surface area contributed by atoms with E-state index in [1.807, 2.05) is 0 Å². The summed E-state index contributed by atoms with van der Waals surface area (Å²) in [6.45, 7) is 0. The summed E-state index contributed by atoms with van der Waals surface area (Å²) in [4.78, 5) is 22.4. The number of carbonyl (C=O) groups is 1. The number of rotatable bonds is 7. The smallest absolute Gasteiger partial charge is 0.269 e. The number of imidazole rings is 1. The van der Waals surface area contributed by atoms with E-state index in [1.54, 1.807) is 54.9 Å². The lowest BCUT2D eigenvalue weighted by molar-refractivity contribution is -0.115. The molecule has 1 saturated carbocycles. The summed E-state index contributed by atoms with van der Waals surface area (Å²) < 4.78 is 30.2. The first-order valence-electron chi connectivity index (χ1n) is 12.8. The Hall–Kier alpha value is -4.50. The van der Waals surface area contributed by atoms with Gasteiger partial charge in [-0.25, -0.2) is 22.4 Å². The number of benzene rings is 1. The predicted octanol–water partition coefficient (Wildman–Crippen LogP) is 4.17. The minimum atomic E-state index is -3.86. The summed E-state index contributed by atoms with van der Waals surface area (Å²) in [5, 5.41) is 19.2. The Balaban J connectivity index is 1.46. The van der Waals surface area contributed by atoms with Gasteiger partial charge in [-0.2, -0.15) is 10.4 Å². The van der Waals surface area contributed by atoms with E-state index in [4.69, 9.17) is 10.2 Å². The number of carbonyl (C=O) groups excluding carboxylic acids is 1. The number of H-pyrrole nitrogens is 1. The fourth-order valence-electron chi connectivity index (χ4n) is 5.51. The van der Waals surface area contributed by atoms with Crippen LogP contribution in [0, 0.1) is 17.2 Å².